The Bertz CT molecular complexity index is 1250. The SMILES string of the molecule is CN(Cc1cnn(-c2ccccc2)c1)CN1C(=O)NC(c2ccccc2)(c2ccccc2)C1=O. The van der Waals surface area contributed by atoms with Gasteiger partial charge in [-0.15, -0.1) is 0 Å². The van der Waals surface area contributed by atoms with Gasteiger partial charge in [0, 0.05) is 18.3 Å². The molecule has 2 heterocycles. The first-order valence-electron chi connectivity index (χ1n) is 11.1. The lowest BCUT2D eigenvalue weighted by Gasteiger charge is -2.28. The number of urea groups is 1. The summed E-state index contributed by atoms with van der Waals surface area (Å²) in [5.41, 5.74) is 2.16. The number of nitrogens with zero attached hydrogens (tertiary/aromatic N) is 4. The van der Waals surface area contributed by atoms with E-state index in [-0.39, 0.29) is 12.6 Å². The number of nitrogens with one attached hydrogen (secondary N) is 1. The standard InChI is InChI=1S/C27H25N5O2/c1-30(18-21-17-28-32(19-21)24-15-9-4-10-16-24)20-31-25(33)27(29-26(31)34,22-11-5-2-6-12-22)23-13-7-3-8-14-23/h2-17,19H,18,20H2,1H3,(H,29,34). The van der Waals surface area contributed by atoms with E-state index in [4.69, 9.17) is 0 Å². The zero-order valence-corrected chi connectivity index (χ0v) is 18.8. The van der Waals surface area contributed by atoms with Crippen molar-refractivity contribution in [1.29, 1.82) is 0 Å². The van der Waals surface area contributed by atoms with Crippen molar-refractivity contribution >= 4 is 11.9 Å². The van der Waals surface area contributed by atoms with Crippen LogP contribution in [0.2, 0.25) is 0 Å². The molecule has 1 saturated heterocycles. The number of benzene rings is 3. The summed E-state index contributed by atoms with van der Waals surface area (Å²) in [4.78, 5) is 30.1. The van der Waals surface area contributed by atoms with Crippen molar-refractivity contribution in [1.82, 2.24) is 24.9 Å². The zero-order valence-electron chi connectivity index (χ0n) is 18.8. The number of carbonyl (C=O) groups excluding carboxylic acids is 2. The summed E-state index contributed by atoms with van der Waals surface area (Å²) in [5.74, 6) is -0.290. The normalized spacial score (nSPS) is 15.1. The third kappa shape index (κ3) is 3.86. The first-order valence-corrected chi connectivity index (χ1v) is 11.1. The van der Waals surface area contributed by atoms with Crippen LogP contribution < -0.4 is 5.32 Å². The molecule has 0 saturated carbocycles. The van der Waals surface area contributed by atoms with Gasteiger partial charge in [0.05, 0.1) is 18.6 Å². The van der Waals surface area contributed by atoms with Gasteiger partial charge in [-0.2, -0.15) is 5.10 Å². The molecule has 3 aromatic carbocycles. The molecule has 3 amide bonds. The van der Waals surface area contributed by atoms with Crippen molar-refractivity contribution in [3.8, 4) is 5.69 Å². The molecule has 0 spiro atoms. The Kier molecular flexibility index (Phi) is 5.69. The second-order valence-corrected chi connectivity index (χ2v) is 8.43. The van der Waals surface area contributed by atoms with Crippen LogP contribution in [0.25, 0.3) is 5.69 Å². The lowest BCUT2D eigenvalue weighted by Crippen LogP contribution is -2.46. The third-order valence-corrected chi connectivity index (χ3v) is 6.01. The maximum atomic E-state index is 13.8. The van der Waals surface area contributed by atoms with Crippen LogP contribution in [-0.2, 0) is 16.9 Å². The van der Waals surface area contributed by atoms with Crippen LogP contribution in [0.1, 0.15) is 16.7 Å². The van der Waals surface area contributed by atoms with E-state index in [0.717, 1.165) is 22.4 Å². The van der Waals surface area contributed by atoms with Gasteiger partial charge in [0.15, 0.2) is 5.54 Å². The summed E-state index contributed by atoms with van der Waals surface area (Å²) in [7, 11) is 1.88. The van der Waals surface area contributed by atoms with Crippen molar-refractivity contribution in [2.45, 2.75) is 12.1 Å². The molecule has 1 aliphatic heterocycles. The van der Waals surface area contributed by atoms with Crippen LogP contribution in [0.15, 0.2) is 103 Å². The Hall–Kier alpha value is -4.23. The van der Waals surface area contributed by atoms with E-state index in [1.807, 2.05) is 114 Å². The van der Waals surface area contributed by atoms with Crippen molar-refractivity contribution in [2.24, 2.45) is 0 Å². The van der Waals surface area contributed by atoms with Gasteiger partial charge in [0.1, 0.15) is 0 Å². The van der Waals surface area contributed by atoms with Gasteiger partial charge in [0.2, 0.25) is 0 Å². The molecule has 1 N–H and O–H groups in total. The largest absolute Gasteiger partial charge is 0.326 e. The molecule has 1 aliphatic rings. The monoisotopic (exact) mass is 451 g/mol. The molecule has 1 aromatic heterocycles. The summed E-state index contributed by atoms with van der Waals surface area (Å²) in [6.07, 6.45) is 3.75. The van der Waals surface area contributed by atoms with Gasteiger partial charge in [-0.25, -0.2) is 14.4 Å². The summed E-state index contributed by atoms with van der Waals surface area (Å²) >= 11 is 0. The molecule has 170 valence electrons. The van der Waals surface area contributed by atoms with E-state index >= 15 is 0 Å². The number of hydrogen-bond acceptors (Lipinski definition) is 4. The average molecular weight is 452 g/mol. The van der Waals surface area contributed by atoms with Crippen LogP contribution in [0, 0.1) is 0 Å². The Balaban J connectivity index is 1.37. The highest BCUT2D eigenvalue weighted by Gasteiger charge is 2.53. The molecule has 7 heteroatoms. The van der Waals surface area contributed by atoms with Gasteiger partial charge in [-0.1, -0.05) is 78.9 Å². The van der Waals surface area contributed by atoms with Gasteiger partial charge in [0.25, 0.3) is 5.91 Å². The smallest absolute Gasteiger partial charge is 0.315 e. The molecule has 34 heavy (non-hydrogen) atoms. The number of imide groups is 1. The predicted octanol–water partition coefficient (Wildman–Crippen LogP) is 3.76. The first kappa shape index (κ1) is 21.6. The van der Waals surface area contributed by atoms with E-state index in [1.165, 1.54) is 4.90 Å². The Morgan fingerprint density at radius 2 is 1.41 bits per heavy atom. The number of aromatic nitrogens is 2. The van der Waals surface area contributed by atoms with Crippen LogP contribution >= 0.6 is 0 Å². The maximum Gasteiger partial charge on any atom is 0.326 e. The first-order chi connectivity index (χ1) is 16.6. The van der Waals surface area contributed by atoms with Crippen LogP contribution in [0.3, 0.4) is 0 Å². The van der Waals surface area contributed by atoms with Crippen molar-refractivity contribution < 1.29 is 9.59 Å². The number of carbonyl (C=O) groups is 2. The summed E-state index contributed by atoms with van der Waals surface area (Å²) in [5, 5.41) is 7.42. The fraction of sp³-hybridized carbons (Fsp3) is 0.148. The number of rotatable bonds is 7. The Morgan fingerprint density at radius 1 is 0.853 bits per heavy atom. The van der Waals surface area contributed by atoms with Gasteiger partial charge in [-0.3, -0.25) is 9.69 Å². The minimum Gasteiger partial charge on any atom is -0.315 e. The van der Waals surface area contributed by atoms with E-state index in [0.29, 0.717) is 6.54 Å². The van der Waals surface area contributed by atoms with Crippen molar-refractivity contribution in [2.75, 3.05) is 13.7 Å². The minimum atomic E-state index is -1.25. The maximum absolute atomic E-state index is 13.8. The van der Waals surface area contributed by atoms with Gasteiger partial charge < -0.3 is 5.32 Å². The second kappa shape index (κ2) is 8.96. The highest BCUT2D eigenvalue weighted by atomic mass is 16.2. The molecule has 0 aliphatic carbocycles. The molecule has 0 radical (unpaired) electrons. The summed E-state index contributed by atoms with van der Waals surface area (Å²) in [6, 6.07) is 28.2. The van der Waals surface area contributed by atoms with Crippen molar-refractivity contribution in [3.63, 3.8) is 0 Å². The lowest BCUT2D eigenvalue weighted by molar-refractivity contribution is -0.131. The average Bonchev–Trinajstić information content (AvgIpc) is 3.44. The molecular formula is C27H25N5O2. The fourth-order valence-electron chi connectivity index (χ4n) is 4.41. The van der Waals surface area contributed by atoms with Gasteiger partial charge >= 0.3 is 6.03 Å². The third-order valence-electron chi connectivity index (χ3n) is 6.01. The number of hydrogen-bond donors (Lipinski definition) is 1. The molecule has 7 nitrogen and oxygen atoms in total. The number of para-hydroxylation sites is 1. The lowest BCUT2D eigenvalue weighted by atomic mass is 9.83. The molecule has 0 unspecified atom stereocenters. The molecule has 5 rings (SSSR count). The highest BCUT2D eigenvalue weighted by Crippen LogP contribution is 2.36. The summed E-state index contributed by atoms with van der Waals surface area (Å²) < 4.78 is 1.81. The minimum absolute atomic E-state index is 0.155. The molecule has 0 atom stereocenters. The van der Waals surface area contributed by atoms with E-state index in [1.54, 1.807) is 6.20 Å². The summed E-state index contributed by atoms with van der Waals surface area (Å²) in [6.45, 7) is 0.691. The van der Waals surface area contributed by atoms with E-state index in [9.17, 15) is 9.59 Å². The van der Waals surface area contributed by atoms with Crippen molar-refractivity contribution in [3.05, 3.63) is 120 Å². The Labute approximate surface area is 198 Å². The molecule has 0 bridgehead atoms. The molecule has 4 aromatic rings. The van der Waals surface area contributed by atoms with Crippen LogP contribution in [0.4, 0.5) is 4.79 Å². The number of amides is 3. The van der Waals surface area contributed by atoms with Crippen LogP contribution in [-0.4, -0.2) is 45.2 Å². The quantitative estimate of drug-likeness (QED) is 0.435. The fourth-order valence-corrected chi connectivity index (χ4v) is 4.41. The second-order valence-electron chi connectivity index (χ2n) is 8.43. The van der Waals surface area contributed by atoms with E-state index < -0.39 is 11.6 Å². The van der Waals surface area contributed by atoms with Crippen LogP contribution in [0.5, 0.6) is 0 Å². The topological polar surface area (TPSA) is 70.5 Å². The Morgan fingerprint density at radius 3 is 2.00 bits per heavy atom. The molecule has 1 fully saturated rings. The predicted molar refractivity (Wildman–Crippen MR) is 129 cm³/mol. The van der Waals surface area contributed by atoms with Gasteiger partial charge in [-0.05, 0) is 30.3 Å². The highest BCUT2D eigenvalue weighted by molar-refractivity contribution is 6.09. The zero-order chi connectivity index (χ0) is 23.5. The van der Waals surface area contributed by atoms with E-state index in [2.05, 4.69) is 10.4 Å². The molecular weight excluding hydrogens is 426 g/mol.